The van der Waals surface area contributed by atoms with Crippen LogP contribution in [0.15, 0.2) is 30.3 Å². The molecule has 2 N–H and O–H groups in total. The molecule has 1 aromatic rings. The van der Waals surface area contributed by atoms with Crippen LogP contribution in [0.25, 0.3) is 0 Å². The molecule has 1 aromatic carbocycles. The first-order valence-electron chi connectivity index (χ1n) is 7.06. The summed E-state index contributed by atoms with van der Waals surface area (Å²) >= 11 is 0. The molecule has 0 saturated carbocycles. The fourth-order valence-corrected chi connectivity index (χ4v) is 2.99. The molecule has 21 heavy (non-hydrogen) atoms. The molecule has 2 heterocycles. The third-order valence-corrected chi connectivity index (χ3v) is 4.19. The summed E-state index contributed by atoms with van der Waals surface area (Å²) in [6, 6.07) is 8.87. The summed E-state index contributed by atoms with van der Waals surface area (Å²) in [6.45, 7) is -0.0546. The monoisotopic (exact) mass is 300 g/mol. The summed E-state index contributed by atoms with van der Waals surface area (Å²) in [6.07, 6.45) is -3.38. The Morgan fingerprint density at radius 2 is 2.00 bits per heavy atom. The topological polar surface area (TPSA) is 58.9 Å². The summed E-state index contributed by atoms with van der Waals surface area (Å²) < 4.78 is 39.1. The van der Waals surface area contributed by atoms with Crippen LogP contribution < -0.4 is 0 Å². The van der Waals surface area contributed by atoms with E-state index in [1.807, 2.05) is 6.07 Å². The zero-order valence-corrected chi connectivity index (χ0v) is 11.4. The summed E-state index contributed by atoms with van der Waals surface area (Å²) in [5.41, 5.74) is 0.726. The average Bonchev–Trinajstić information content (AvgIpc) is 2.47. The van der Waals surface area contributed by atoms with Crippen LogP contribution in [-0.2, 0) is 16.1 Å². The lowest BCUT2D eigenvalue weighted by molar-refractivity contribution is -0.420. The van der Waals surface area contributed by atoms with E-state index in [1.54, 1.807) is 24.3 Å². The maximum Gasteiger partial charge on any atom is 0.328 e. The SMILES string of the molecule is O[C@H]1[C@@H](OCc2ccccc2)C(F)(F)[C@]2(O)CCC[C@H]1O2. The number of alkyl halides is 2. The van der Waals surface area contributed by atoms with Gasteiger partial charge in [-0.2, -0.15) is 8.78 Å². The Morgan fingerprint density at radius 1 is 1.29 bits per heavy atom. The fraction of sp³-hybridized carbons (Fsp3) is 0.600. The van der Waals surface area contributed by atoms with E-state index in [0.717, 1.165) is 5.56 Å². The molecule has 0 aliphatic carbocycles. The summed E-state index contributed by atoms with van der Waals surface area (Å²) in [4.78, 5) is 0. The predicted molar refractivity (Wildman–Crippen MR) is 69.6 cm³/mol. The van der Waals surface area contributed by atoms with E-state index in [0.29, 0.717) is 12.8 Å². The molecule has 4 nitrogen and oxygen atoms in total. The van der Waals surface area contributed by atoms with Crippen LogP contribution in [0.3, 0.4) is 0 Å². The lowest BCUT2D eigenvalue weighted by Gasteiger charge is -2.51. The van der Waals surface area contributed by atoms with E-state index in [1.165, 1.54) is 0 Å². The van der Waals surface area contributed by atoms with E-state index < -0.39 is 30.0 Å². The van der Waals surface area contributed by atoms with E-state index >= 15 is 0 Å². The van der Waals surface area contributed by atoms with Gasteiger partial charge >= 0.3 is 5.92 Å². The quantitative estimate of drug-likeness (QED) is 0.894. The van der Waals surface area contributed by atoms with E-state index in [2.05, 4.69) is 0 Å². The predicted octanol–water partition coefficient (Wildman–Crippen LogP) is 1.84. The second-order valence-corrected chi connectivity index (χ2v) is 5.66. The third-order valence-electron chi connectivity index (χ3n) is 4.19. The minimum atomic E-state index is -3.65. The first-order chi connectivity index (χ1) is 9.94. The standard InChI is InChI=1S/C15H18F2O4/c16-15(17)13(20-9-10-5-2-1-3-6-10)12(18)11-7-4-8-14(15,19)21-11/h1-3,5-6,11-13,18-19H,4,7-9H2/t11-,12-,13-,14+/m1/s1. The average molecular weight is 300 g/mol. The molecule has 0 unspecified atom stereocenters. The normalized spacial score (nSPS) is 38.2. The maximum absolute atomic E-state index is 14.4. The smallest absolute Gasteiger partial charge is 0.328 e. The van der Waals surface area contributed by atoms with E-state index in [-0.39, 0.29) is 13.0 Å². The highest BCUT2D eigenvalue weighted by atomic mass is 19.3. The molecule has 3 rings (SSSR count). The number of halogens is 2. The Hall–Kier alpha value is -1.08. The van der Waals surface area contributed by atoms with Crippen molar-refractivity contribution in [1.29, 1.82) is 0 Å². The van der Waals surface area contributed by atoms with Crippen molar-refractivity contribution in [2.75, 3.05) is 0 Å². The maximum atomic E-state index is 14.4. The first-order valence-corrected chi connectivity index (χ1v) is 7.06. The molecule has 2 aliphatic rings. The number of ether oxygens (including phenoxy) is 2. The molecule has 2 saturated heterocycles. The van der Waals surface area contributed by atoms with Crippen molar-refractivity contribution in [3.05, 3.63) is 35.9 Å². The molecule has 2 aliphatic heterocycles. The molecule has 0 spiro atoms. The molecule has 6 heteroatoms. The van der Waals surface area contributed by atoms with Crippen molar-refractivity contribution in [3.63, 3.8) is 0 Å². The molecule has 0 aromatic heterocycles. The molecule has 0 radical (unpaired) electrons. The number of fused-ring (bicyclic) bond motifs is 2. The minimum Gasteiger partial charge on any atom is -0.387 e. The number of aliphatic hydroxyl groups excluding tert-OH is 1. The van der Waals surface area contributed by atoms with Crippen molar-refractivity contribution in [2.24, 2.45) is 0 Å². The van der Waals surface area contributed by atoms with Gasteiger partial charge in [0, 0.05) is 6.42 Å². The summed E-state index contributed by atoms with van der Waals surface area (Å²) in [7, 11) is 0. The number of benzene rings is 1. The van der Waals surface area contributed by atoms with Gasteiger partial charge < -0.3 is 19.7 Å². The van der Waals surface area contributed by atoms with Crippen LogP contribution in [0.4, 0.5) is 8.78 Å². The second-order valence-electron chi connectivity index (χ2n) is 5.66. The molecule has 0 amide bonds. The van der Waals surface area contributed by atoms with Gasteiger partial charge in [0.2, 0.25) is 5.79 Å². The zero-order valence-electron chi connectivity index (χ0n) is 11.4. The lowest BCUT2D eigenvalue weighted by Crippen LogP contribution is -2.70. The van der Waals surface area contributed by atoms with Gasteiger partial charge in [-0.3, -0.25) is 0 Å². The third kappa shape index (κ3) is 2.46. The second kappa shape index (κ2) is 5.28. The van der Waals surface area contributed by atoms with Crippen LogP contribution in [0.1, 0.15) is 24.8 Å². The number of rotatable bonds is 3. The highest BCUT2D eigenvalue weighted by Gasteiger charge is 2.68. The van der Waals surface area contributed by atoms with Gasteiger partial charge in [-0.25, -0.2) is 0 Å². The number of hydrogen-bond donors (Lipinski definition) is 2. The van der Waals surface area contributed by atoms with Gasteiger partial charge in [0.15, 0.2) is 6.10 Å². The Morgan fingerprint density at radius 3 is 2.71 bits per heavy atom. The van der Waals surface area contributed by atoms with Crippen molar-refractivity contribution in [1.82, 2.24) is 0 Å². The minimum absolute atomic E-state index is 0.0546. The zero-order chi connectivity index (χ0) is 15.1. The Bertz CT molecular complexity index is 496. The van der Waals surface area contributed by atoms with Crippen molar-refractivity contribution in [2.45, 2.75) is 55.9 Å². The van der Waals surface area contributed by atoms with Crippen LogP contribution in [-0.4, -0.2) is 40.2 Å². The molecule has 2 bridgehead atoms. The van der Waals surface area contributed by atoms with Gasteiger partial charge in [0.05, 0.1) is 12.7 Å². The molecule has 116 valence electrons. The van der Waals surface area contributed by atoms with Crippen molar-refractivity contribution in [3.8, 4) is 0 Å². The van der Waals surface area contributed by atoms with Gasteiger partial charge in [-0.1, -0.05) is 30.3 Å². The van der Waals surface area contributed by atoms with Gasteiger partial charge in [0.1, 0.15) is 6.10 Å². The van der Waals surface area contributed by atoms with Crippen LogP contribution in [0.5, 0.6) is 0 Å². The van der Waals surface area contributed by atoms with Gasteiger partial charge in [-0.05, 0) is 18.4 Å². The van der Waals surface area contributed by atoms with Crippen molar-refractivity contribution >= 4 is 0 Å². The van der Waals surface area contributed by atoms with E-state index in [9.17, 15) is 19.0 Å². The van der Waals surface area contributed by atoms with Crippen LogP contribution in [0.2, 0.25) is 0 Å². The van der Waals surface area contributed by atoms with Gasteiger partial charge in [0.25, 0.3) is 0 Å². The number of hydrogen-bond acceptors (Lipinski definition) is 4. The first kappa shape index (κ1) is 14.8. The highest BCUT2D eigenvalue weighted by Crippen LogP contribution is 2.48. The number of aliphatic hydroxyl groups is 2. The Labute approximate surface area is 121 Å². The van der Waals surface area contributed by atoms with E-state index in [4.69, 9.17) is 9.47 Å². The summed E-state index contributed by atoms with van der Waals surface area (Å²) in [5.74, 6) is -6.20. The molecular formula is C15H18F2O4. The molecular weight excluding hydrogens is 282 g/mol. The van der Waals surface area contributed by atoms with Gasteiger partial charge in [-0.15, -0.1) is 0 Å². The largest absolute Gasteiger partial charge is 0.387 e. The van der Waals surface area contributed by atoms with Crippen LogP contribution >= 0.6 is 0 Å². The highest BCUT2D eigenvalue weighted by molar-refractivity contribution is 5.14. The molecule has 2 fully saturated rings. The molecule has 4 atom stereocenters. The summed E-state index contributed by atoms with van der Waals surface area (Å²) in [5, 5.41) is 20.1. The van der Waals surface area contributed by atoms with Crippen LogP contribution in [0, 0.1) is 0 Å². The fourth-order valence-electron chi connectivity index (χ4n) is 2.99. The Balaban J connectivity index is 1.79. The Kier molecular flexibility index (Phi) is 3.73. The lowest BCUT2D eigenvalue weighted by atomic mass is 9.82. The van der Waals surface area contributed by atoms with Crippen molar-refractivity contribution < 1.29 is 28.5 Å².